The minimum absolute atomic E-state index is 0.0874. The van der Waals surface area contributed by atoms with Crippen LogP contribution in [0.5, 0.6) is 0 Å². The summed E-state index contributed by atoms with van der Waals surface area (Å²) < 4.78 is 0. The summed E-state index contributed by atoms with van der Waals surface area (Å²) in [5.74, 6) is -0.652. The lowest BCUT2D eigenvalue weighted by molar-refractivity contribution is -0.138. The molecule has 20 heavy (non-hydrogen) atoms. The molecule has 2 amide bonds. The minimum Gasteiger partial charge on any atom is -0.481 e. The Balaban J connectivity index is 1.87. The predicted octanol–water partition coefficient (Wildman–Crippen LogP) is 0.929. The number of rotatable bonds is 3. The van der Waals surface area contributed by atoms with Crippen molar-refractivity contribution in [1.29, 1.82) is 0 Å². The van der Waals surface area contributed by atoms with Gasteiger partial charge in [-0.1, -0.05) is 6.92 Å². The molecule has 0 bridgehead atoms. The van der Waals surface area contributed by atoms with E-state index in [-0.39, 0.29) is 18.4 Å². The summed E-state index contributed by atoms with van der Waals surface area (Å²) in [5.41, 5.74) is 0. The third kappa shape index (κ3) is 3.42. The number of carboxylic acid groups (broad SMARTS) is 1. The molecule has 2 atom stereocenters. The molecule has 2 heterocycles. The highest BCUT2D eigenvalue weighted by Gasteiger charge is 2.33. The Morgan fingerprint density at radius 2 is 1.85 bits per heavy atom. The van der Waals surface area contributed by atoms with Crippen molar-refractivity contribution in [1.82, 2.24) is 14.7 Å². The number of likely N-dealkylation sites (tertiary alicyclic amines) is 1. The number of carboxylic acids is 1. The molecule has 0 radical (unpaired) electrons. The summed E-state index contributed by atoms with van der Waals surface area (Å²) >= 11 is 0. The van der Waals surface area contributed by atoms with Gasteiger partial charge in [0, 0.05) is 45.2 Å². The molecule has 114 valence electrons. The van der Waals surface area contributed by atoms with Crippen molar-refractivity contribution in [2.75, 3.05) is 39.8 Å². The number of amides is 2. The Morgan fingerprint density at radius 1 is 1.15 bits per heavy atom. The van der Waals surface area contributed by atoms with E-state index in [4.69, 9.17) is 5.11 Å². The lowest BCUT2D eigenvalue weighted by atomic mass is 10.1. The van der Waals surface area contributed by atoms with Crippen LogP contribution in [0.3, 0.4) is 0 Å². The van der Waals surface area contributed by atoms with Crippen molar-refractivity contribution in [2.45, 2.75) is 32.2 Å². The molecule has 0 aromatic carbocycles. The van der Waals surface area contributed by atoms with Crippen LogP contribution in [0, 0.1) is 5.92 Å². The lowest BCUT2D eigenvalue weighted by Crippen LogP contribution is -2.55. The molecule has 2 aliphatic rings. The molecule has 0 aliphatic carbocycles. The van der Waals surface area contributed by atoms with Crippen LogP contribution in [0.25, 0.3) is 0 Å². The first-order chi connectivity index (χ1) is 9.51. The maximum atomic E-state index is 12.5. The van der Waals surface area contributed by atoms with E-state index in [0.29, 0.717) is 19.1 Å². The smallest absolute Gasteiger partial charge is 0.320 e. The zero-order valence-corrected chi connectivity index (χ0v) is 12.4. The summed E-state index contributed by atoms with van der Waals surface area (Å²) in [6.07, 6.45) is 2.02. The molecular formula is C14H25N3O3. The van der Waals surface area contributed by atoms with Gasteiger partial charge in [-0.05, 0) is 25.8 Å². The molecule has 2 aliphatic heterocycles. The number of aliphatic carboxylic acids is 1. The third-order valence-electron chi connectivity index (χ3n) is 4.54. The monoisotopic (exact) mass is 283 g/mol. The van der Waals surface area contributed by atoms with Crippen LogP contribution in [-0.2, 0) is 4.79 Å². The molecule has 2 unspecified atom stereocenters. The third-order valence-corrected chi connectivity index (χ3v) is 4.54. The van der Waals surface area contributed by atoms with Crippen LogP contribution < -0.4 is 0 Å². The van der Waals surface area contributed by atoms with Gasteiger partial charge < -0.3 is 14.9 Å². The van der Waals surface area contributed by atoms with E-state index in [9.17, 15) is 9.59 Å². The van der Waals surface area contributed by atoms with Gasteiger partial charge in [0.1, 0.15) is 0 Å². The second-order valence-corrected chi connectivity index (χ2v) is 5.97. The molecule has 2 rings (SSSR count). The van der Waals surface area contributed by atoms with Gasteiger partial charge >= 0.3 is 12.0 Å². The Hall–Kier alpha value is -1.30. The Bertz CT molecular complexity index is 375. The van der Waals surface area contributed by atoms with Gasteiger partial charge in [-0.25, -0.2) is 4.79 Å². The average Bonchev–Trinajstić information content (AvgIpc) is 2.86. The van der Waals surface area contributed by atoms with Crippen molar-refractivity contribution >= 4 is 12.0 Å². The zero-order valence-electron chi connectivity index (χ0n) is 12.4. The van der Waals surface area contributed by atoms with Crippen LogP contribution in [0.2, 0.25) is 0 Å². The van der Waals surface area contributed by atoms with Gasteiger partial charge in [-0.2, -0.15) is 0 Å². The van der Waals surface area contributed by atoms with E-state index < -0.39 is 5.97 Å². The maximum Gasteiger partial charge on any atom is 0.320 e. The van der Waals surface area contributed by atoms with Gasteiger partial charge in [0.25, 0.3) is 0 Å². The fourth-order valence-corrected chi connectivity index (χ4v) is 3.18. The number of carbonyl (C=O) groups excluding carboxylic acids is 1. The van der Waals surface area contributed by atoms with Crippen LogP contribution >= 0.6 is 0 Å². The van der Waals surface area contributed by atoms with E-state index in [1.165, 1.54) is 0 Å². The molecule has 6 heteroatoms. The highest BCUT2D eigenvalue weighted by atomic mass is 16.4. The van der Waals surface area contributed by atoms with Gasteiger partial charge in [0.2, 0.25) is 0 Å². The lowest BCUT2D eigenvalue weighted by Gasteiger charge is -2.40. The highest BCUT2D eigenvalue weighted by molar-refractivity contribution is 5.75. The van der Waals surface area contributed by atoms with Gasteiger partial charge in [-0.15, -0.1) is 0 Å². The van der Waals surface area contributed by atoms with E-state index in [1.54, 1.807) is 0 Å². The number of hydrogen-bond donors (Lipinski definition) is 1. The fourth-order valence-electron chi connectivity index (χ4n) is 3.18. The first-order valence-corrected chi connectivity index (χ1v) is 7.47. The molecule has 6 nitrogen and oxygen atoms in total. The standard InChI is InChI=1S/C14H25N3O3/c1-3-12-10-17(7-6-15(12)2)14(20)16-5-4-11(9-16)8-13(18)19/h11-12H,3-10H2,1-2H3,(H,18,19). The number of piperazine rings is 1. The highest BCUT2D eigenvalue weighted by Crippen LogP contribution is 2.22. The zero-order chi connectivity index (χ0) is 14.7. The van der Waals surface area contributed by atoms with Crippen molar-refractivity contribution in [3.8, 4) is 0 Å². The summed E-state index contributed by atoms with van der Waals surface area (Å²) in [6, 6.07) is 0.523. The molecule has 1 N–H and O–H groups in total. The first kappa shape index (κ1) is 15.1. The maximum absolute atomic E-state index is 12.5. The molecule has 2 saturated heterocycles. The topological polar surface area (TPSA) is 64.1 Å². The van der Waals surface area contributed by atoms with Gasteiger partial charge in [-0.3, -0.25) is 9.69 Å². The van der Waals surface area contributed by atoms with Crippen LogP contribution in [0.1, 0.15) is 26.2 Å². The second kappa shape index (κ2) is 6.43. The number of urea groups is 1. The number of likely N-dealkylation sites (N-methyl/N-ethyl adjacent to an activating group) is 1. The molecule has 0 saturated carbocycles. The Morgan fingerprint density at radius 3 is 2.50 bits per heavy atom. The second-order valence-electron chi connectivity index (χ2n) is 5.97. The summed E-state index contributed by atoms with van der Waals surface area (Å²) in [5, 5.41) is 8.82. The summed E-state index contributed by atoms with van der Waals surface area (Å²) in [7, 11) is 2.11. The molecular weight excluding hydrogens is 258 g/mol. The van der Waals surface area contributed by atoms with Gasteiger partial charge in [0.15, 0.2) is 0 Å². The fraction of sp³-hybridized carbons (Fsp3) is 0.857. The first-order valence-electron chi connectivity index (χ1n) is 7.47. The van der Waals surface area contributed by atoms with Crippen LogP contribution in [0.4, 0.5) is 4.79 Å². The summed E-state index contributed by atoms with van der Waals surface area (Å²) in [4.78, 5) is 29.3. The quantitative estimate of drug-likeness (QED) is 0.837. The van der Waals surface area contributed by atoms with Crippen molar-refractivity contribution in [3.05, 3.63) is 0 Å². The SMILES string of the molecule is CCC1CN(C(=O)N2CCC(CC(=O)O)C2)CCN1C. The molecule has 0 aromatic rings. The summed E-state index contributed by atoms with van der Waals surface area (Å²) in [6.45, 7) is 5.90. The minimum atomic E-state index is -0.769. The number of hydrogen-bond acceptors (Lipinski definition) is 3. The van der Waals surface area contributed by atoms with Gasteiger partial charge in [0.05, 0.1) is 0 Å². The molecule has 0 aromatic heterocycles. The van der Waals surface area contributed by atoms with E-state index >= 15 is 0 Å². The average molecular weight is 283 g/mol. The van der Waals surface area contributed by atoms with Crippen molar-refractivity contribution < 1.29 is 14.7 Å². The van der Waals surface area contributed by atoms with E-state index in [2.05, 4.69) is 18.9 Å². The largest absolute Gasteiger partial charge is 0.481 e. The van der Waals surface area contributed by atoms with Crippen molar-refractivity contribution in [3.63, 3.8) is 0 Å². The van der Waals surface area contributed by atoms with Crippen LogP contribution in [0.15, 0.2) is 0 Å². The van der Waals surface area contributed by atoms with Crippen LogP contribution in [-0.4, -0.2) is 77.6 Å². The van der Waals surface area contributed by atoms with E-state index in [1.807, 2.05) is 9.80 Å². The molecule has 0 spiro atoms. The van der Waals surface area contributed by atoms with Crippen molar-refractivity contribution in [2.24, 2.45) is 5.92 Å². The Kier molecular flexibility index (Phi) is 4.86. The predicted molar refractivity (Wildman–Crippen MR) is 75.6 cm³/mol. The Labute approximate surface area is 120 Å². The molecule has 2 fully saturated rings. The number of nitrogens with zero attached hydrogens (tertiary/aromatic N) is 3. The number of carbonyl (C=O) groups is 2. The van der Waals surface area contributed by atoms with E-state index in [0.717, 1.165) is 32.5 Å². The normalized spacial score (nSPS) is 27.9.